The Hall–Kier alpha value is 1.75. The summed E-state index contributed by atoms with van der Waals surface area (Å²) in [5, 5.41) is 0. The number of rotatable bonds is 12. The Bertz CT molecular complexity index is 98.0. The molecular formula is C10H22S5. The summed E-state index contributed by atoms with van der Waals surface area (Å²) in [6.07, 6.45) is 2.71. The zero-order valence-electron chi connectivity index (χ0n) is 9.19. The Morgan fingerprint density at radius 1 is 0.533 bits per heavy atom. The van der Waals surface area contributed by atoms with Gasteiger partial charge in [0.2, 0.25) is 0 Å². The first-order valence-corrected chi connectivity index (χ1v) is 10.1. The van der Waals surface area contributed by atoms with Gasteiger partial charge in [0.1, 0.15) is 0 Å². The van der Waals surface area contributed by atoms with E-state index >= 15 is 0 Å². The summed E-state index contributed by atoms with van der Waals surface area (Å²) in [5.74, 6) is 9.71. The SMILES string of the molecule is SCCSCCCSCCCSCCS. The lowest BCUT2D eigenvalue weighted by Crippen LogP contribution is -1.91. The molecule has 0 aliphatic heterocycles. The molecular weight excluding hydrogens is 280 g/mol. The minimum absolute atomic E-state index is 1.01. The smallest absolute Gasteiger partial charge is 0.00210 e. The van der Waals surface area contributed by atoms with Gasteiger partial charge in [-0.15, -0.1) is 0 Å². The van der Waals surface area contributed by atoms with Crippen LogP contribution in [0.4, 0.5) is 0 Å². The van der Waals surface area contributed by atoms with Crippen LogP contribution < -0.4 is 0 Å². The molecule has 0 unspecified atom stereocenters. The van der Waals surface area contributed by atoms with E-state index in [1.165, 1.54) is 47.4 Å². The van der Waals surface area contributed by atoms with Gasteiger partial charge in [0.25, 0.3) is 0 Å². The molecule has 15 heavy (non-hydrogen) atoms. The minimum Gasteiger partial charge on any atom is -0.179 e. The number of hydrogen-bond acceptors (Lipinski definition) is 5. The van der Waals surface area contributed by atoms with Gasteiger partial charge in [0, 0.05) is 11.5 Å². The van der Waals surface area contributed by atoms with Gasteiger partial charge in [0.15, 0.2) is 0 Å². The summed E-state index contributed by atoms with van der Waals surface area (Å²) in [5.41, 5.74) is 0. The van der Waals surface area contributed by atoms with Crippen molar-refractivity contribution in [3.63, 3.8) is 0 Å². The standard InChI is InChI=1S/C10H22S5/c11-3-9-14-7-1-5-13-6-2-8-15-10-4-12/h11-12H,1-10H2. The van der Waals surface area contributed by atoms with Crippen LogP contribution in [0.25, 0.3) is 0 Å². The normalized spacial score (nSPS) is 10.8. The van der Waals surface area contributed by atoms with Crippen LogP contribution in [0.5, 0.6) is 0 Å². The number of thiol groups is 2. The van der Waals surface area contributed by atoms with Crippen molar-refractivity contribution in [1.82, 2.24) is 0 Å². The van der Waals surface area contributed by atoms with Crippen molar-refractivity contribution in [2.45, 2.75) is 12.8 Å². The molecule has 0 bridgehead atoms. The summed E-state index contributed by atoms with van der Waals surface area (Å²) in [7, 11) is 0. The zero-order chi connectivity index (χ0) is 11.2. The van der Waals surface area contributed by atoms with Gasteiger partial charge in [-0.3, -0.25) is 0 Å². The van der Waals surface area contributed by atoms with E-state index in [9.17, 15) is 0 Å². The highest BCUT2D eigenvalue weighted by Crippen LogP contribution is 2.11. The second kappa shape index (κ2) is 15.8. The van der Waals surface area contributed by atoms with Crippen LogP contribution in [0.3, 0.4) is 0 Å². The van der Waals surface area contributed by atoms with Crippen molar-refractivity contribution in [3.8, 4) is 0 Å². The lowest BCUT2D eigenvalue weighted by atomic mass is 10.6. The van der Waals surface area contributed by atoms with E-state index in [1.54, 1.807) is 0 Å². The first kappa shape index (κ1) is 16.8. The Labute approximate surface area is 119 Å². The Balaban J connectivity index is 2.81. The summed E-state index contributed by atoms with van der Waals surface area (Å²) in [6.45, 7) is 0. The van der Waals surface area contributed by atoms with E-state index in [2.05, 4.69) is 37.0 Å². The number of hydrogen-bond donors (Lipinski definition) is 2. The van der Waals surface area contributed by atoms with Gasteiger partial charge in [-0.05, 0) is 47.4 Å². The van der Waals surface area contributed by atoms with Crippen LogP contribution in [-0.2, 0) is 0 Å². The highest BCUT2D eigenvalue weighted by molar-refractivity contribution is 8.01. The number of thioether (sulfide) groups is 3. The van der Waals surface area contributed by atoms with Gasteiger partial charge in [-0.2, -0.15) is 60.5 Å². The second-order valence-electron chi connectivity index (χ2n) is 2.99. The molecule has 0 spiro atoms. The van der Waals surface area contributed by atoms with Crippen LogP contribution in [0, 0.1) is 0 Å². The predicted octanol–water partition coefficient (Wildman–Crippen LogP) is 3.83. The van der Waals surface area contributed by atoms with Crippen molar-refractivity contribution < 1.29 is 0 Å². The maximum Gasteiger partial charge on any atom is 0.00210 e. The maximum absolute atomic E-state index is 4.19. The van der Waals surface area contributed by atoms with E-state index in [0.29, 0.717) is 0 Å². The molecule has 0 saturated carbocycles. The summed E-state index contributed by atoms with van der Waals surface area (Å²) < 4.78 is 0. The molecule has 0 aromatic carbocycles. The van der Waals surface area contributed by atoms with Crippen molar-refractivity contribution in [2.75, 3.05) is 46.0 Å². The fourth-order valence-corrected chi connectivity index (χ4v) is 4.37. The van der Waals surface area contributed by atoms with E-state index in [0.717, 1.165) is 11.5 Å². The summed E-state index contributed by atoms with van der Waals surface area (Å²) >= 11 is 14.5. The van der Waals surface area contributed by atoms with Crippen LogP contribution in [0.1, 0.15) is 12.8 Å². The van der Waals surface area contributed by atoms with Gasteiger partial charge < -0.3 is 0 Å². The molecule has 0 saturated heterocycles. The Morgan fingerprint density at radius 3 is 1.20 bits per heavy atom. The minimum atomic E-state index is 1.01. The first-order chi connectivity index (χ1) is 7.41. The van der Waals surface area contributed by atoms with Crippen molar-refractivity contribution in [3.05, 3.63) is 0 Å². The molecule has 0 aromatic rings. The quantitative estimate of drug-likeness (QED) is 0.416. The molecule has 0 aliphatic carbocycles. The fraction of sp³-hybridized carbons (Fsp3) is 1.00. The third kappa shape index (κ3) is 15.8. The molecule has 0 N–H and O–H groups in total. The molecule has 0 radical (unpaired) electrons. The van der Waals surface area contributed by atoms with Crippen LogP contribution in [0.2, 0.25) is 0 Å². The summed E-state index contributed by atoms with van der Waals surface area (Å²) in [4.78, 5) is 0. The monoisotopic (exact) mass is 302 g/mol. The van der Waals surface area contributed by atoms with Crippen molar-refractivity contribution in [1.29, 1.82) is 0 Å². The first-order valence-electron chi connectivity index (χ1n) is 5.36. The molecule has 0 fully saturated rings. The Morgan fingerprint density at radius 2 is 0.867 bits per heavy atom. The molecule has 0 nitrogen and oxygen atoms in total. The summed E-state index contributed by atoms with van der Waals surface area (Å²) in [6, 6.07) is 0. The van der Waals surface area contributed by atoms with Gasteiger partial charge >= 0.3 is 0 Å². The molecule has 0 atom stereocenters. The Kier molecular flexibility index (Phi) is 17.6. The third-order valence-corrected chi connectivity index (χ3v) is 5.97. The highest BCUT2D eigenvalue weighted by Gasteiger charge is 1.92. The van der Waals surface area contributed by atoms with Crippen LogP contribution in [0.15, 0.2) is 0 Å². The molecule has 0 heterocycles. The second-order valence-corrected chi connectivity index (χ2v) is 7.56. The van der Waals surface area contributed by atoms with Gasteiger partial charge in [0.05, 0.1) is 0 Å². The lowest BCUT2D eigenvalue weighted by molar-refractivity contribution is 1.09. The van der Waals surface area contributed by atoms with E-state index in [1.807, 2.05) is 23.5 Å². The molecule has 0 rings (SSSR count). The molecule has 0 amide bonds. The average molecular weight is 303 g/mol. The molecule has 0 aliphatic rings. The van der Waals surface area contributed by atoms with E-state index in [-0.39, 0.29) is 0 Å². The van der Waals surface area contributed by atoms with E-state index < -0.39 is 0 Å². The lowest BCUT2D eigenvalue weighted by Gasteiger charge is -2.01. The fourth-order valence-electron chi connectivity index (χ4n) is 0.961. The average Bonchev–Trinajstić information content (AvgIpc) is 2.26. The predicted molar refractivity (Wildman–Crippen MR) is 88.9 cm³/mol. The zero-order valence-corrected chi connectivity index (χ0v) is 13.4. The van der Waals surface area contributed by atoms with Crippen LogP contribution >= 0.6 is 60.5 Å². The van der Waals surface area contributed by atoms with Crippen molar-refractivity contribution in [2.24, 2.45) is 0 Å². The van der Waals surface area contributed by atoms with Crippen LogP contribution in [-0.4, -0.2) is 46.0 Å². The van der Waals surface area contributed by atoms with Crippen molar-refractivity contribution >= 4 is 60.5 Å². The van der Waals surface area contributed by atoms with E-state index in [4.69, 9.17) is 0 Å². The van der Waals surface area contributed by atoms with Gasteiger partial charge in [-0.1, -0.05) is 0 Å². The molecule has 5 heteroatoms. The topological polar surface area (TPSA) is 0 Å². The molecule has 0 aromatic heterocycles. The molecule has 92 valence electrons. The third-order valence-electron chi connectivity index (χ3n) is 1.63. The highest BCUT2D eigenvalue weighted by atomic mass is 32.2. The maximum atomic E-state index is 4.19. The largest absolute Gasteiger partial charge is 0.179 e. The van der Waals surface area contributed by atoms with Gasteiger partial charge in [-0.25, -0.2) is 0 Å².